The van der Waals surface area contributed by atoms with E-state index in [0.29, 0.717) is 25.4 Å². The molecule has 0 fully saturated rings. The lowest BCUT2D eigenvalue weighted by molar-refractivity contribution is 0.0606. The molecule has 2 aromatic rings. The van der Waals surface area contributed by atoms with E-state index >= 15 is 0 Å². The predicted octanol–water partition coefficient (Wildman–Crippen LogP) is 2.85. The predicted molar refractivity (Wildman–Crippen MR) is 65.5 cm³/mol. The first kappa shape index (κ1) is 11.6. The average molecular weight is 275 g/mol. The molecule has 0 N–H and O–H groups in total. The van der Waals surface area contributed by atoms with Crippen molar-refractivity contribution in [3.8, 4) is 0 Å². The number of rotatable bonds is 2. The van der Waals surface area contributed by atoms with E-state index < -0.39 is 0 Å². The molecule has 0 saturated heterocycles. The number of aromatic nitrogens is 2. The fraction of sp³-hybridized carbons (Fsp3) is 0.222. The summed E-state index contributed by atoms with van der Waals surface area (Å²) in [5, 5.41) is 1.64. The van der Waals surface area contributed by atoms with Crippen LogP contribution in [0.3, 0.4) is 0 Å². The first-order valence-corrected chi connectivity index (χ1v) is 6.67. The third kappa shape index (κ3) is 2.00. The minimum absolute atomic E-state index is 0.362. The van der Waals surface area contributed by atoms with E-state index in [1.54, 1.807) is 6.07 Å². The maximum absolute atomic E-state index is 11.3. The lowest BCUT2D eigenvalue weighted by Crippen LogP contribution is -1.96. The molecule has 2 aromatic heterocycles. The molecule has 0 atom stereocenters. The van der Waals surface area contributed by atoms with Gasteiger partial charge in [-0.15, -0.1) is 11.3 Å². The van der Waals surface area contributed by atoms with Crippen molar-refractivity contribution in [2.75, 3.05) is 13.4 Å². The second kappa shape index (κ2) is 4.57. The van der Waals surface area contributed by atoms with Crippen molar-refractivity contribution in [2.24, 2.45) is 0 Å². The van der Waals surface area contributed by atoms with E-state index in [1.807, 2.05) is 6.26 Å². The second-order valence-electron chi connectivity index (χ2n) is 2.82. The Kier molecular flexibility index (Phi) is 3.32. The molecule has 0 saturated carbocycles. The fourth-order valence-corrected chi connectivity index (χ4v) is 2.86. The highest BCUT2D eigenvalue weighted by molar-refractivity contribution is 7.98. The quantitative estimate of drug-likeness (QED) is 0.365. The Labute approximate surface area is 105 Å². The van der Waals surface area contributed by atoms with Crippen molar-refractivity contribution in [2.45, 2.75) is 5.16 Å². The zero-order chi connectivity index (χ0) is 11.7. The van der Waals surface area contributed by atoms with Crippen molar-refractivity contribution < 1.29 is 9.53 Å². The lowest BCUT2D eigenvalue weighted by Gasteiger charge is -1.95. The standard InChI is InChI=1S/C9H7ClN2O2S2/c1-14-8(13)5-3-4-6(10)11-9(15-2)12-7(4)16-5/h3H,1-2H3. The van der Waals surface area contributed by atoms with Crippen molar-refractivity contribution in [1.29, 1.82) is 0 Å². The van der Waals surface area contributed by atoms with E-state index in [0.717, 1.165) is 0 Å². The van der Waals surface area contributed by atoms with Gasteiger partial charge < -0.3 is 4.74 Å². The van der Waals surface area contributed by atoms with Crippen molar-refractivity contribution >= 4 is 50.9 Å². The minimum Gasteiger partial charge on any atom is -0.465 e. The molecular weight excluding hydrogens is 268 g/mol. The number of fused-ring (bicyclic) bond motifs is 1. The number of ether oxygens (including phenoxy) is 1. The van der Waals surface area contributed by atoms with E-state index in [4.69, 9.17) is 11.6 Å². The molecule has 0 bridgehead atoms. The number of hydrogen-bond acceptors (Lipinski definition) is 6. The number of thioether (sulfide) groups is 1. The van der Waals surface area contributed by atoms with Crippen molar-refractivity contribution in [3.05, 3.63) is 16.1 Å². The zero-order valence-electron chi connectivity index (χ0n) is 8.48. The Balaban J connectivity index is 2.61. The molecule has 0 aromatic carbocycles. The van der Waals surface area contributed by atoms with Gasteiger partial charge in [0, 0.05) is 5.39 Å². The van der Waals surface area contributed by atoms with Crippen LogP contribution in [0.15, 0.2) is 11.2 Å². The van der Waals surface area contributed by atoms with Crippen LogP contribution < -0.4 is 0 Å². The molecule has 7 heteroatoms. The molecule has 4 nitrogen and oxygen atoms in total. The molecule has 16 heavy (non-hydrogen) atoms. The Morgan fingerprint density at radius 3 is 2.94 bits per heavy atom. The zero-order valence-corrected chi connectivity index (χ0v) is 10.9. The molecule has 0 radical (unpaired) electrons. The smallest absolute Gasteiger partial charge is 0.348 e. The fourth-order valence-electron chi connectivity index (χ4n) is 1.16. The molecule has 0 aliphatic rings. The number of halogens is 1. The number of nitrogens with zero attached hydrogens (tertiary/aromatic N) is 2. The van der Waals surface area contributed by atoms with E-state index in [-0.39, 0.29) is 5.97 Å². The van der Waals surface area contributed by atoms with Gasteiger partial charge in [0.25, 0.3) is 0 Å². The summed E-state index contributed by atoms with van der Waals surface area (Å²) in [5.41, 5.74) is 0. The Bertz CT molecular complexity index is 556. The third-order valence-electron chi connectivity index (χ3n) is 1.89. The van der Waals surface area contributed by atoms with Crippen molar-refractivity contribution in [1.82, 2.24) is 9.97 Å². The molecule has 2 heterocycles. The maximum atomic E-state index is 11.3. The van der Waals surface area contributed by atoms with Crippen LogP contribution in [-0.2, 0) is 4.74 Å². The van der Waals surface area contributed by atoms with Crippen LogP contribution in [0.1, 0.15) is 9.67 Å². The van der Waals surface area contributed by atoms with Gasteiger partial charge in [0.15, 0.2) is 5.16 Å². The van der Waals surface area contributed by atoms with Gasteiger partial charge in [-0.1, -0.05) is 23.4 Å². The summed E-state index contributed by atoms with van der Waals surface area (Å²) in [7, 11) is 1.34. The van der Waals surface area contributed by atoms with Crippen LogP contribution in [0, 0.1) is 0 Å². The summed E-state index contributed by atoms with van der Waals surface area (Å²) in [4.78, 5) is 20.9. The van der Waals surface area contributed by atoms with Gasteiger partial charge in [-0.3, -0.25) is 0 Å². The molecule has 0 aliphatic heterocycles. The largest absolute Gasteiger partial charge is 0.465 e. The molecule has 0 spiro atoms. The number of methoxy groups -OCH3 is 1. The Hall–Kier alpha value is -0.850. The minimum atomic E-state index is -0.384. The molecule has 84 valence electrons. The molecule has 0 aliphatic carbocycles. The van der Waals surface area contributed by atoms with Crippen LogP contribution in [0.5, 0.6) is 0 Å². The summed E-state index contributed by atoms with van der Waals surface area (Å²) in [6, 6.07) is 1.65. The number of esters is 1. The van der Waals surface area contributed by atoms with Crippen LogP contribution in [0.2, 0.25) is 5.15 Å². The monoisotopic (exact) mass is 274 g/mol. The van der Waals surface area contributed by atoms with Crippen LogP contribution in [0.25, 0.3) is 10.2 Å². The molecular formula is C9H7ClN2O2S2. The van der Waals surface area contributed by atoms with Gasteiger partial charge in [-0.25, -0.2) is 14.8 Å². The first-order chi connectivity index (χ1) is 7.65. The number of carbonyl (C=O) groups is 1. The van der Waals surface area contributed by atoms with E-state index in [2.05, 4.69) is 14.7 Å². The highest BCUT2D eigenvalue weighted by Gasteiger charge is 2.14. The van der Waals surface area contributed by atoms with Gasteiger partial charge >= 0.3 is 5.97 Å². The summed E-state index contributed by atoms with van der Waals surface area (Å²) in [6.45, 7) is 0. The third-order valence-corrected chi connectivity index (χ3v) is 3.74. The average Bonchev–Trinajstić information content (AvgIpc) is 2.72. The summed E-state index contributed by atoms with van der Waals surface area (Å²) in [5.74, 6) is -0.384. The molecule has 0 unspecified atom stereocenters. The maximum Gasteiger partial charge on any atom is 0.348 e. The van der Waals surface area contributed by atoms with Gasteiger partial charge in [0.2, 0.25) is 0 Å². The van der Waals surface area contributed by atoms with Crippen LogP contribution >= 0.6 is 34.7 Å². The topological polar surface area (TPSA) is 52.1 Å². The van der Waals surface area contributed by atoms with E-state index in [1.165, 1.54) is 30.2 Å². The first-order valence-electron chi connectivity index (χ1n) is 4.25. The van der Waals surface area contributed by atoms with Gasteiger partial charge in [-0.2, -0.15) is 0 Å². The van der Waals surface area contributed by atoms with Gasteiger partial charge in [0.1, 0.15) is 14.9 Å². The Morgan fingerprint density at radius 2 is 2.31 bits per heavy atom. The number of hydrogen-bond donors (Lipinski definition) is 0. The molecule has 2 rings (SSSR count). The SMILES string of the molecule is COC(=O)c1cc2c(Cl)nc(SC)nc2s1. The van der Waals surface area contributed by atoms with E-state index in [9.17, 15) is 4.79 Å². The van der Waals surface area contributed by atoms with Gasteiger partial charge in [-0.05, 0) is 12.3 Å². The van der Waals surface area contributed by atoms with Crippen LogP contribution in [0.4, 0.5) is 0 Å². The highest BCUT2D eigenvalue weighted by atomic mass is 35.5. The number of carbonyl (C=O) groups excluding carboxylic acids is 1. The van der Waals surface area contributed by atoms with Crippen molar-refractivity contribution in [3.63, 3.8) is 0 Å². The normalized spacial score (nSPS) is 10.7. The highest BCUT2D eigenvalue weighted by Crippen LogP contribution is 2.30. The number of thiophene rings is 1. The molecule has 0 amide bonds. The van der Waals surface area contributed by atoms with Crippen LogP contribution in [-0.4, -0.2) is 29.3 Å². The summed E-state index contributed by atoms with van der Waals surface area (Å²) in [6.07, 6.45) is 1.87. The Morgan fingerprint density at radius 1 is 1.56 bits per heavy atom. The summed E-state index contributed by atoms with van der Waals surface area (Å²) >= 11 is 8.65. The summed E-state index contributed by atoms with van der Waals surface area (Å²) < 4.78 is 4.64. The lowest BCUT2D eigenvalue weighted by atomic mass is 10.4. The second-order valence-corrected chi connectivity index (χ2v) is 4.98. The van der Waals surface area contributed by atoms with Gasteiger partial charge in [0.05, 0.1) is 7.11 Å².